The second kappa shape index (κ2) is 17.5. The number of benzene rings is 2. The standard InChI is InChI=1S/C22H26N2O26S6/c1-23(21(47-53(33,34)35,48-54(36,37)38)13-45-51(27,28)29)19(25)17-9-5-15(6-10-17)3-4-16-7-11-18(12-8-16)20(26)24(2)22(49-55(39,40)41,50-56(42,43)44)14-46-52(30,31)32/h3-12H,13-14H2,1-2H3,(H,27,28,29)(H,30,31,32)(H,33,34,35)(H,36,37,38)(H,39,40,41)(H,42,43,44). The molecule has 0 unspecified atom stereocenters. The first-order valence-corrected chi connectivity index (χ1v) is 21.6. The molecule has 316 valence electrons. The lowest BCUT2D eigenvalue weighted by molar-refractivity contribution is -0.216. The Balaban J connectivity index is 2.41. The molecule has 6 N–H and O–H groups in total. The molecule has 0 aliphatic rings. The van der Waals surface area contributed by atoms with Gasteiger partial charge in [-0.1, -0.05) is 36.4 Å². The van der Waals surface area contributed by atoms with Gasteiger partial charge in [-0.15, -0.1) is 0 Å². The van der Waals surface area contributed by atoms with Crippen molar-refractivity contribution in [2.75, 3.05) is 27.3 Å². The van der Waals surface area contributed by atoms with E-state index in [1.54, 1.807) is 0 Å². The van der Waals surface area contributed by atoms with E-state index >= 15 is 0 Å². The van der Waals surface area contributed by atoms with Crippen molar-refractivity contribution in [2.45, 2.75) is 11.8 Å². The topological polar surface area (TPSA) is 422 Å². The molecule has 2 amide bonds. The molecule has 0 fully saturated rings. The number of likely N-dealkylation sites (N-methyl/N-ethyl adjacent to an activating group) is 2. The summed E-state index contributed by atoms with van der Waals surface area (Å²) in [7, 11) is -33.4. The van der Waals surface area contributed by atoms with Gasteiger partial charge in [0.2, 0.25) is 0 Å². The maximum Gasteiger partial charge on any atom is 0.401 e. The third-order valence-corrected chi connectivity index (χ3v) is 8.85. The summed E-state index contributed by atoms with van der Waals surface area (Å²) in [5, 5.41) is 0. The van der Waals surface area contributed by atoms with Gasteiger partial charge in [-0.05, 0) is 35.4 Å². The molecule has 0 heterocycles. The first kappa shape index (κ1) is 48.5. The smallest absolute Gasteiger partial charge is 0.286 e. The van der Waals surface area contributed by atoms with Gasteiger partial charge in [0, 0.05) is 25.2 Å². The molecule has 0 radical (unpaired) electrons. The first-order chi connectivity index (χ1) is 25.0. The van der Waals surface area contributed by atoms with Crippen LogP contribution in [0.25, 0.3) is 12.2 Å². The monoisotopic (exact) mass is 926 g/mol. The van der Waals surface area contributed by atoms with Crippen LogP contribution in [0.3, 0.4) is 0 Å². The molecule has 2 rings (SSSR count). The van der Waals surface area contributed by atoms with Crippen LogP contribution in [0.15, 0.2) is 48.5 Å². The van der Waals surface area contributed by atoms with Gasteiger partial charge in [0.1, 0.15) is 13.2 Å². The van der Waals surface area contributed by atoms with Gasteiger partial charge in [-0.3, -0.25) is 46.7 Å². The summed E-state index contributed by atoms with van der Waals surface area (Å²) in [6.45, 7) is -4.01. The third-order valence-electron chi connectivity index (χ3n) is 6.14. The SMILES string of the molecule is CN(C(=O)c1ccc(C=Cc2ccc(C(=O)N(C)C(COS(=O)(=O)O)(OS(=O)(=O)O)OS(=O)(=O)O)cc2)cc1)C(COS(=O)(=O)O)(OS(=O)(=O)O)OS(=O)(=O)O. The number of carbonyl (C=O) groups excluding carboxylic acids is 2. The van der Waals surface area contributed by atoms with Crippen molar-refractivity contribution in [2.24, 2.45) is 0 Å². The van der Waals surface area contributed by atoms with E-state index in [0.717, 1.165) is 24.3 Å². The van der Waals surface area contributed by atoms with E-state index in [1.165, 1.54) is 36.4 Å². The lowest BCUT2D eigenvalue weighted by Crippen LogP contribution is -2.58. The van der Waals surface area contributed by atoms with E-state index in [-0.39, 0.29) is 20.9 Å². The average Bonchev–Trinajstić information content (AvgIpc) is 3.01. The van der Waals surface area contributed by atoms with Crippen LogP contribution in [0.1, 0.15) is 31.8 Å². The van der Waals surface area contributed by atoms with Crippen molar-refractivity contribution >= 4 is 86.4 Å². The Kier molecular flexibility index (Phi) is 15.1. The summed E-state index contributed by atoms with van der Waals surface area (Å²) < 4.78 is 214. The Labute approximate surface area is 317 Å². The van der Waals surface area contributed by atoms with Crippen LogP contribution in [-0.4, -0.2) is 139 Å². The number of carbonyl (C=O) groups is 2. The Morgan fingerprint density at radius 2 is 0.714 bits per heavy atom. The minimum Gasteiger partial charge on any atom is -0.286 e. The van der Waals surface area contributed by atoms with Crippen molar-refractivity contribution in [3.05, 3.63) is 70.8 Å². The summed E-state index contributed by atoms with van der Waals surface area (Å²) >= 11 is 0. The molecular weight excluding hydrogens is 901 g/mol. The Morgan fingerprint density at radius 1 is 0.482 bits per heavy atom. The molecular formula is C22H26N2O26S6. The van der Waals surface area contributed by atoms with Crippen LogP contribution in [0.5, 0.6) is 0 Å². The van der Waals surface area contributed by atoms with Gasteiger partial charge in [-0.2, -0.15) is 67.2 Å². The zero-order valence-corrected chi connectivity index (χ0v) is 32.3. The highest BCUT2D eigenvalue weighted by atomic mass is 32.3. The van der Waals surface area contributed by atoms with Crippen LogP contribution in [0.4, 0.5) is 0 Å². The van der Waals surface area contributed by atoms with Gasteiger partial charge >= 0.3 is 74.2 Å². The number of hydrogen-bond donors (Lipinski definition) is 6. The number of hydrogen-bond acceptors (Lipinski definition) is 20. The predicted octanol–water partition coefficient (Wildman–Crippen LogP) is -1.77. The van der Waals surface area contributed by atoms with Crippen LogP contribution >= 0.6 is 0 Å². The van der Waals surface area contributed by atoms with E-state index in [0.29, 0.717) is 14.1 Å². The first-order valence-electron chi connectivity index (χ1n) is 13.4. The van der Waals surface area contributed by atoms with Crippen molar-refractivity contribution in [1.29, 1.82) is 0 Å². The molecule has 0 saturated heterocycles. The Morgan fingerprint density at radius 3 is 0.911 bits per heavy atom. The normalized spacial score (nSPS) is 13.8. The summed E-state index contributed by atoms with van der Waals surface area (Å²) in [5.41, 5.74) is -0.330. The molecule has 0 aliphatic carbocycles. The highest BCUT2D eigenvalue weighted by molar-refractivity contribution is 7.82. The quantitative estimate of drug-likeness (QED) is 0.0486. The predicted molar refractivity (Wildman–Crippen MR) is 177 cm³/mol. The van der Waals surface area contributed by atoms with Crippen LogP contribution in [0.2, 0.25) is 0 Å². The Hall–Kier alpha value is -3.66. The minimum atomic E-state index is -5.85. The summed E-state index contributed by atoms with van der Waals surface area (Å²) in [5.74, 6) is -10.5. The zero-order valence-electron chi connectivity index (χ0n) is 27.4. The largest absolute Gasteiger partial charge is 0.401 e. The highest BCUT2D eigenvalue weighted by Gasteiger charge is 2.51. The molecule has 0 aromatic heterocycles. The van der Waals surface area contributed by atoms with Crippen molar-refractivity contribution < 1.29 is 113 Å². The molecule has 0 saturated carbocycles. The fraction of sp³-hybridized carbons (Fsp3) is 0.273. The summed E-state index contributed by atoms with van der Waals surface area (Å²) in [6.07, 6.45) is 2.73. The van der Waals surface area contributed by atoms with Gasteiger partial charge < -0.3 is 0 Å². The second-order valence-corrected chi connectivity index (χ2v) is 16.4. The lowest BCUT2D eigenvalue weighted by atomic mass is 10.1. The molecule has 0 aliphatic heterocycles. The maximum atomic E-state index is 13.1. The van der Waals surface area contributed by atoms with Gasteiger partial charge in [0.05, 0.1) is 0 Å². The van der Waals surface area contributed by atoms with Gasteiger partial charge in [0.15, 0.2) is 0 Å². The van der Waals surface area contributed by atoms with E-state index in [4.69, 9.17) is 27.3 Å². The van der Waals surface area contributed by atoms with E-state index in [1.807, 2.05) is 0 Å². The summed E-state index contributed by atoms with van der Waals surface area (Å²) in [6, 6.07) is 8.94. The van der Waals surface area contributed by atoms with Crippen molar-refractivity contribution in [3.8, 4) is 0 Å². The fourth-order valence-corrected chi connectivity index (χ4v) is 6.63. The molecule has 28 nitrogen and oxygen atoms in total. The molecule has 0 spiro atoms. The molecule has 34 heteroatoms. The molecule has 0 atom stereocenters. The van der Waals surface area contributed by atoms with Gasteiger partial charge in [0.25, 0.3) is 11.8 Å². The van der Waals surface area contributed by atoms with E-state index < -0.39 is 110 Å². The molecule has 0 bridgehead atoms. The van der Waals surface area contributed by atoms with Crippen molar-refractivity contribution in [3.63, 3.8) is 0 Å². The van der Waals surface area contributed by atoms with E-state index in [9.17, 15) is 60.1 Å². The van der Waals surface area contributed by atoms with Crippen molar-refractivity contribution in [1.82, 2.24) is 9.80 Å². The molecule has 2 aromatic carbocycles. The molecule has 56 heavy (non-hydrogen) atoms. The third kappa shape index (κ3) is 16.1. The molecule has 2 aromatic rings. The number of nitrogens with zero attached hydrogens (tertiary/aromatic N) is 2. The number of rotatable bonds is 20. The lowest BCUT2D eigenvalue weighted by Gasteiger charge is -2.36. The average molecular weight is 927 g/mol. The van der Waals surface area contributed by atoms with E-state index in [2.05, 4.69) is 25.1 Å². The second-order valence-electron chi connectivity index (χ2n) is 10.2. The summed E-state index contributed by atoms with van der Waals surface area (Å²) in [4.78, 5) is 26.1. The van der Waals surface area contributed by atoms with Crippen LogP contribution < -0.4 is 0 Å². The zero-order chi connectivity index (χ0) is 43.3. The maximum absolute atomic E-state index is 13.1. The highest BCUT2D eigenvalue weighted by Crippen LogP contribution is 2.28. The number of amides is 2. The minimum absolute atomic E-state index is 0.0832. The van der Waals surface area contributed by atoms with Crippen LogP contribution in [0, 0.1) is 0 Å². The Bertz CT molecular complexity index is 2240. The van der Waals surface area contributed by atoms with Crippen LogP contribution in [-0.2, 0) is 87.5 Å². The fourth-order valence-electron chi connectivity index (χ4n) is 3.86. The van der Waals surface area contributed by atoms with Gasteiger partial charge in [-0.25, -0.2) is 8.37 Å².